The lowest BCUT2D eigenvalue weighted by Gasteiger charge is -2.21. The molecule has 0 saturated heterocycles. The molecule has 0 amide bonds. The van der Waals surface area contributed by atoms with Crippen molar-refractivity contribution in [2.75, 3.05) is 11.9 Å². The molecule has 3 aromatic rings. The molecule has 0 saturated carbocycles. The maximum absolute atomic E-state index is 13.2. The summed E-state index contributed by atoms with van der Waals surface area (Å²) < 4.78 is 32.1. The summed E-state index contributed by atoms with van der Waals surface area (Å²) in [5, 5.41) is 15.0. The van der Waals surface area contributed by atoms with Gasteiger partial charge in [0.05, 0.1) is 6.61 Å². The van der Waals surface area contributed by atoms with Crippen LogP contribution >= 0.6 is 0 Å². The first-order chi connectivity index (χ1) is 15.0. The molecule has 1 aliphatic rings. The predicted molar refractivity (Wildman–Crippen MR) is 111 cm³/mol. The van der Waals surface area contributed by atoms with Crippen molar-refractivity contribution >= 4 is 11.8 Å². The van der Waals surface area contributed by atoms with Crippen molar-refractivity contribution < 1.29 is 13.5 Å². The van der Waals surface area contributed by atoms with Gasteiger partial charge in [-0.15, -0.1) is 5.11 Å². The van der Waals surface area contributed by atoms with Crippen LogP contribution in [-0.4, -0.2) is 22.5 Å². The molecule has 0 spiro atoms. The van der Waals surface area contributed by atoms with Gasteiger partial charge in [0.2, 0.25) is 11.8 Å². The van der Waals surface area contributed by atoms with E-state index < -0.39 is 5.54 Å². The average Bonchev–Trinajstić information content (AvgIpc) is 3.16. The highest BCUT2D eigenvalue weighted by molar-refractivity contribution is 5.88. The fourth-order valence-corrected chi connectivity index (χ4v) is 3.07. The van der Waals surface area contributed by atoms with Crippen LogP contribution in [0.15, 0.2) is 76.2 Å². The number of rotatable bonds is 7. The van der Waals surface area contributed by atoms with E-state index in [9.17, 15) is 8.78 Å². The van der Waals surface area contributed by atoms with E-state index in [1.165, 1.54) is 24.3 Å². The van der Waals surface area contributed by atoms with Crippen LogP contribution in [0, 0.1) is 11.6 Å². The molecule has 31 heavy (non-hydrogen) atoms. The van der Waals surface area contributed by atoms with Gasteiger partial charge in [0.25, 0.3) is 0 Å². The number of benzene rings is 2. The first kappa shape index (κ1) is 20.5. The summed E-state index contributed by atoms with van der Waals surface area (Å²) in [7, 11) is 0. The molecule has 0 radical (unpaired) electrons. The van der Waals surface area contributed by atoms with Crippen molar-refractivity contribution in [1.82, 2.24) is 9.97 Å². The van der Waals surface area contributed by atoms with Crippen LogP contribution in [0.1, 0.15) is 23.7 Å². The van der Waals surface area contributed by atoms with Gasteiger partial charge in [-0.1, -0.05) is 29.4 Å². The van der Waals surface area contributed by atoms with Gasteiger partial charge in [-0.25, -0.2) is 18.7 Å². The van der Waals surface area contributed by atoms with Gasteiger partial charge in [-0.2, -0.15) is 0 Å². The summed E-state index contributed by atoms with van der Waals surface area (Å²) in [6, 6.07) is 14.1. The molecule has 1 unspecified atom stereocenters. The minimum Gasteiger partial charge on any atom is -0.477 e. The van der Waals surface area contributed by atoms with Gasteiger partial charge in [0, 0.05) is 24.9 Å². The Morgan fingerprint density at radius 2 is 1.68 bits per heavy atom. The molecule has 0 bridgehead atoms. The second kappa shape index (κ2) is 8.95. The fraction of sp³-hybridized carbons (Fsp3) is 0.227. The minimum atomic E-state index is -0.888. The van der Waals surface area contributed by atoms with E-state index in [0.717, 1.165) is 16.8 Å². The van der Waals surface area contributed by atoms with E-state index in [1.807, 2.05) is 6.92 Å². The maximum Gasteiger partial charge on any atom is 0.245 e. The fourth-order valence-electron chi connectivity index (χ4n) is 3.07. The Morgan fingerprint density at radius 3 is 2.42 bits per heavy atom. The number of anilines is 1. The van der Waals surface area contributed by atoms with E-state index in [1.54, 1.807) is 36.5 Å². The number of hydrogen-bond donors (Lipinski definition) is 1. The molecule has 1 N–H and O–H groups in total. The van der Waals surface area contributed by atoms with Crippen LogP contribution in [0.3, 0.4) is 0 Å². The lowest BCUT2D eigenvalue weighted by Crippen LogP contribution is -2.30. The summed E-state index contributed by atoms with van der Waals surface area (Å²) >= 11 is 0. The Balaban J connectivity index is 1.33. The molecule has 158 valence electrons. The number of nitrogens with zero attached hydrogens (tertiary/aromatic N) is 5. The highest BCUT2D eigenvalue weighted by Gasteiger charge is 2.38. The Morgan fingerprint density at radius 1 is 0.968 bits per heavy atom. The lowest BCUT2D eigenvalue weighted by molar-refractivity contribution is 0.281. The molecule has 4 rings (SSSR count). The molecule has 0 aliphatic carbocycles. The topological polar surface area (TPSA) is 84.1 Å². The SMILES string of the molecule is CC1(c2ccc(F)cc2)N=NN=C1OCCc1ccnc(NCc2ccc(F)cc2)n1. The third-order valence-electron chi connectivity index (χ3n) is 4.88. The number of ether oxygens (including phenoxy) is 1. The maximum atomic E-state index is 13.2. The molecule has 1 aromatic heterocycles. The summed E-state index contributed by atoms with van der Waals surface area (Å²) in [5.74, 6) is 0.225. The molecule has 7 nitrogen and oxygen atoms in total. The van der Waals surface area contributed by atoms with E-state index in [2.05, 4.69) is 30.7 Å². The van der Waals surface area contributed by atoms with Gasteiger partial charge in [-0.05, 0) is 53.6 Å². The Kier molecular flexibility index (Phi) is 5.92. The third kappa shape index (κ3) is 4.88. The number of nitrogens with one attached hydrogen (secondary N) is 1. The van der Waals surface area contributed by atoms with Crippen molar-refractivity contribution in [3.8, 4) is 0 Å². The van der Waals surface area contributed by atoms with Gasteiger partial charge < -0.3 is 10.1 Å². The summed E-state index contributed by atoms with van der Waals surface area (Å²) in [6.45, 7) is 2.61. The average molecular weight is 422 g/mol. The number of hydrogen-bond acceptors (Lipinski definition) is 7. The van der Waals surface area contributed by atoms with E-state index in [0.29, 0.717) is 31.4 Å². The monoisotopic (exact) mass is 422 g/mol. The van der Waals surface area contributed by atoms with E-state index in [-0.39, 0.29) is 11.6 Å². The number of halogens is 2. The molecule has 1 aliphatic heterocycles. The zero-order chi connectivity index (χ0) is 21.7. The van der Waals surface area contributed by atoms with Crippen LogP contribution in [0.4, 0.5) is 14.7 Å². The van der Waals surface area contributed by atoms with Gasteiger partial charge in [0.15, 0.2) is 5.54 Å². The lowest BCUT2D eigenvalue weighted by atomic mass is 9.93. The smallest absolute Gasteiger partial charge is 0.245 e. The van der Waals surface area contributed by atoms with E-state index >= 15 is 0 Å². The molecule has 0 fully saturated rings. The normalized spacial score (nSPS) is 17.5. The van der Waals surface area contributed by atoms with Crippen LogP contribution in [-0.2, 0) is 23.2 Å². The van der Waals surface area contributed by atoms with Crippen LogP contribution in [0.25, 0.3) is 0 Å². The Bertz CT molecular complexity index is 1100. The standard InChI is InChI=1S/C22H20F2N6O/c1-22(16-4-8-18(24)9-5-16)20(28-30-29-22)31-13-11-19-10-12-25-21(27-19)26-14-15-2-6-17(23)7-3-15/h2-10,12H,11,13-14H2,1H3,(H,25,26,27). The molecule has 2 aromatic carbocycles. The highest BCUT2D eigenvalue weighted by Crippen LogP contribution is 2.32. The molecular formula is C22H20F2N6O. The molecule has 9 heteroatoms. The predicted octanol–water partition coefficient (Wildman–Crippen LogP) is 4.62. The summed E-state index contributed by atoms with van der Waals surface area (Å²) in [6.07, 6.45) is 2.18. The van der Waals surface area contributed by atoms with Gasteiger partial charge in [-0.3, -0.25) is 0 Å². The quantitative estimate of drug-likeness (QED) is 0.602. The van der Waals surface area contributed by atoms with Crippen LogP contribution in [0.5, 0.6) is 0 Å². The second-order valence-corrected chi connectivity index (χ2v) is 7.12. The molecule has 1 atom stereocenters. The Hall–Kier alpha value is -3.75. The summed E-state index contributed by atoms with van der Waals surface area (Å²) in [4.78, 5) is 8.67. The van der Waals surface area contributed by atoms with Crippen LogP contribution < -0.4 is 5.32 Å². The first-order valence-corrected chi connectivity index (χ1v) is 9.72. The van der Waals surface area contributed by atoms with Crippen molar-refractivity contribution in [3.63, 3.8) is 0 Å². The van der Waals surface area contributed by atoms with Crippen molar-refractivity contribution in [2.24, 2.45) is 15.4 Å². The van der Waals surface area contributed by atoms with Crippen molar-refractivity contribution in [2.45, 2.75) is 25.4 Å². The minimum absolute atomic E-state index is 0.273. The van der Waals surface area contributed by atoms with Gasteiger partial charge in [0.1, 0.15) is 11.6 Å². The van der Waals surface area contributed by atoms with Crippen molar-refractivity contribution in [3.05, 3.63) is 89.2 Å². The summed E-state index contributed by atoms with van der Waals surface area (Å²) in [5.41, 5.74) is 1.56. The third-order valence-corrected chi connectivity index (χ3v) is 4.88. The van der Waals surface area contributed by atoms with Crippen molar-refractivity contribution in [1.29, 1.82) is 0 Å². The van der Waals surface area contributed by atoms with E-state index in [4.69, 9.17) is 4.74 Å². The number of aromatic nitrogens is 2. The zero-order valence-electron chi connectivity index (χ0n) is 16.8. The Labute approximate surface area is 177 Å². The molecular weight excluding hydrogens is 402 g/mol. The second-order valence-electron chi connectivity index (χ2n) is 7.12. The first-order valence-electron chi connectivity index (χ1n) is 9.72. The molecule has 2 heterocycles. The van der Waals surface area contributed by atoms with Gasteiger partial charge >= 0.3 is 0 Å². The highest BCUT2D eigenvalue weighted by atomic mass is 19.1. The van der Waals surface area contributed by atoms with Crippen LogP contribution in [0.2, 0.25) is 0 Å². The largest absolute Gasteiger partial charge is 0.477 e. The zero-order valence-corrected chi connectivity index (χ0v) is 16.8.